The second-order valence-electron chi connectivity index (χ2n) is 6.85. The summed E-state index contributed by atoms with van der Waals surface area (Å²) in [6, 6.07) is 0. The lowest BCUT2D eigenvalue weighted by Crippen LogP contribution is -2.26. The van der Waals surface area contributed by atoms with Gasteiger partial charge >= 0.3 is 11.9 Å². The second kappa shape index (κ2) is 6.83. The first kappa shape index (κ1) is 17.2. The van der Waals surface area contributed by atoms with Gasteiger partial charge in [-0.25, -0.2) is 9.78 Å². The minimum atomic E-state index is -0.835. The summed E-state index contributed by atoms with van der Waals surface area (Å²) in [7, 11) is 0. The zero-order valence-electron chi connectivity index (χ0n) is 14.5. The van der Waals surface area contributed by atoms with Crippen LogP contribution in [0.2, 0.25) is 0 Å². The molecule has 4 rings (SSSR count). The van der Waals surface area contributed by atoms with Crippen LogP contribution in [0.3, 0.4) is 0 Å². The van der Waals surface area contributed by atoms with Crippen molar-refractivity contribution in [2.45, 2.75) is 64.2 Å². The zero-order chi connectivity index (χ0) is 18.3. The molecule has 26 heavy (non-hydrogen) atoms. The van der Waals surface area contributed by atoms with Crippen molar-refractivity contribution >= 4 is 33.5 Å². The van der Waals surface area contributed by atoms with Crippen molar-refractivity contribution in [1.82, 2.24) is 9.55 Å². The first-order valence-electron chi connectivity index (χ1n) is 8.92. The smallest absolute Gasteiger partial charge is 0.347 e. The van der Waals surface area contributed by atoms with Crippen LogP contribution in [0.1, 0.15) is 43.0 Å². The lowest BCUT2D eigenvalue weighted by atomic mass is 9.97. The van der Waals surface area contributed by atoms with Gasteiger partial charge in [0.15, 0.2) is 0 Å². The van der Waals surface area contributed by atoms with Crippen LogP contribution in [-0.2, 0) is 38.4 Å². The van der Waals surface area contributed by atoms with Crippen molar-refractivity contribution < 1.29 is 19.1 Å². The van der Waals surface area contributed by atoms with E-state index in [0.29, 0.717) is 11.8 Å². The van der Waals surface area contributed by atoms with Gasteiger partial charge in [-0.15, -0.1) is 11.3 Å². The number of cyclic esters (lactones) is 1. The molecule has 2 aliphatic rings. The third kappa shape index (κ3) is 3.13. The average Bonchev–Trinajstić information content (AvgIpc) is 3.14. The summed E-state index contributed by atoms with van der Waals surface area (Å²) >= 11 is 1.60. The fourth-order valence-electron chi connectivity index (χ4n) is 3.59. The molecule has 1 aliphatic carbocycles. The Morgan fingerprint density at radius 3 is 2.96 bits per heavy atom. The highest BCUT2D eigenvalue weighted by molar-refractivity contribution is 7.18. The van der Waals surface area contributed by atoms with Gasteiger partial charge in [0.05, 0.1) is 18.1 Å². The summed E-state index contributed by atoms with van der Waals surface area (Å²) in [5.74, 6) is -1.02. The first-order chi connectivity index (χ1) is 12.5. The molecule has 8 heteroatoms. The second-order valence-corrected chi connectivity index (χ2v) is 7.93. The molecule has 0 unspecified atom stereocenters. The molecule has 2 aromatic rings. The van der Waals surface area contributed by atoms with E-state index in [1.165, 1.54) is 15.8 Å². The number of carbonyl (C=O) groups excluding carboxylic acids is 2. The summed E-state index contributed by atoms with van der Waals surface area (Å²) in [6.07, 6.45) is 4.98. The average molecular weight is 376 g/mol. The SMILES string of the molecule is C[C@H]1C[C@@H](OC(=O)CCn2cnc3sc4c(c3c2=O)CCCC4)C(=O)O1. The van der Waals surface area contributed by atoms with Gasteiger partial charge in [0.1, 0.15) is 10.9 Å². The molecule has 2 aromatic heterocycles. The molecule has 1 fully saturated rings. The van der Waals surface area contributed by atoms with Crippen molar-refractivity contribution in [3.05, 3.63) is 27.1 Å². The van der Waals surface area contributed by atoms with E-state index in [2.05, 4.69) is 4.98 Å². The van der Waals surface area contributed by atoms with Crippen LogP contribution in [0.5, 0.6) is 0 Å². The van der Waals surface area contributed by atoms with Gasteiger partial charge in [0.25, 0.3) is 5.56 Å². The zero-order valence-corrected chi connectivity index (χ0v) is 15.3. The lowest BCUT2D eigenvalue weighted by molar-refractivity contribution is -0.161. The van der Waals surface area contributed by atoms with Crippen LogP contribution in [0, 0.1) is 0 Å². The van der Waals surface area contributed by atoms with Gasteiger partial charge < -0.3 is 9.47 Å². The van der Waals surface area contributed by atoms with E-state index in [9.17, 15) is 14.4 Å². The number of hydrogen-bond acceptors (Lipinski definition) is 7. The number of hydrogen-bond donors (Lipinski definition) is 0. The molecule has 1 saturated heterocycles. The van der Waals surface area contributed by atoms with E-state index in [4.69, 9.17) is 9.47 Å². The Kier molecular flexibility index (Phi) is 4.52. The predicted molar refractivity (Wildman–Crippen MR) is 95.2 cm³/mol. The van der Waals surface area contributed by atoms with Gasteiger partial charge in [-0.1, -0.05) is 0 Å². The van der Waals surface area contributed by atoms with E-state index >= 15 is 0 Å². The van der Waals surface area contributed by atoms with Crippen molar-refractivity contribution in [3.8, 4) is 0 Å². The minimum absolute atomic E-state index is 0.0115. The standard InChI is InChI=1S/C18H20N2O5S/c1-10-8-12(18(23)24-10)25-14(21)6-7-20-9-19-16-15(17(20)22)11-4-2-3-5-13(11)26-16/h9-10,12H,2-8H2,1H3/t10-,12+/m0/s1. The van der Waals surface area contributed by atoms with E-state index in [-0.39, 0.29) is 24.6 Å². The molecule has 0 bridgehead atoms. The van der Waals surface area contributed by atoms with Crippen LogP contribution in [0.25, 0.3) is 10.2 Å². The highest BCUT2D eigenvalue weighted by Crippen LogP contribution is 2.33. The molecular weight excluding hydrogens is 356 g/mol. The Bertz CT molecular complexity index is 932. The summed E-state index contributed by atoms with van der Waals surface area (Å²) < 4.78 is 11.6. The number of rotatable bonds is 4. The molecule has 3 heterocycles. The maximum atomic E-state index is 12.8. The van der Waals surface area contributed by atoms with E-state index in [0.717, 1.165) is 36.1 Å². The molecule has 0 aromatic carbocycles. The fourth-order valence-corrected chi connectivity index (χ4v) is 4.81. The van der Waals surface area contributed by atoms with Gasteiger partial charge in [-0.2, -0.15) is 0 Å². The van der Waals surface area contributed by atoms with Gasteiger partial charge in [0, 0.05) is 17.8 Å². The molecule has 1 aliphatic heterocycles. The van der Waals surface area contributed by atoms with E-state index < -0.39 is 18.0 Å². The third-order valence-electron chi connectivity index (χ3n) is 4.90. The molecule has 0 amide bonds. The minimum Gasteiger partial charge on any atom is -0.460 e. The molecule has 138 valence electrons. The number of nitrogens with zero attached hydrogens (tertiary/aromatic N) is 2. The van der Waals surface area contributed by atoms with Crippen molar-refractivity contribution in [3.63, 3.8) is 0 Å². The molecule has 0 N–H and O–H groups in total. The lowest BCUT2D eigenvalue weighted by Gasteiger charge is -2.11. The Morgan fingerprint density at radius 1 is 1.38 bits per heavy atom. The largest absolute Gasteiger partial charge is 0.460 e. The van der Waals surface area contributed by atoms with Crippen LogP contribution < -0.4 is 5.56 Å². The first-order valence-corrected chi connectivity index (χ1v) is 9.74. The molecule has 7 nitrogen and oxygen atoms in total. The van der Waals surface area contributed by atoms with Crippen LogP contribution in [-0.4, -0.2) is 33.7 Å². The normalized spacial score (nSPS) is 22.3. The number of thiophene rings is 1. The molecule has 0 radical (unpaired) electrons. The maximum Gasteiger partial charge on any atom is 0.347 e. The van der Waals surface area contributed by atoms with Gasteiger partial charge in [-0.05, 0) is 38.2 Å². The monoisotopic (exact) mass is 376 g/mol. The van der Waals surface area contributed by atoms with E-state index in [1.54, 1.807) is 18.3 Å². The molecular formula is C18H20N2O5S. The van der Waals surface area contributed by atoms with Crippen molar-refractivity contribution in [1.29, 1.82) is 0 Å². The Hall–Kier alpha value is -2.22. The quantitative estimate of drug-likeness (QED) is 0.758. The topological polar surface area (TPSA) is 87.5 Å². The summed E-state index contributed by atoms with van der Waals surface area (Å²) in [5.41, 5.74) is 1.03. The number of aryl methyl sites for hydroxylation is 3. The fraction of sp³-hybridized carbons (Fsp3) is 0.556. The highest BCUT2D eigenvalue weighted by Gasteiger charge is 2.34. The van der Waals surface area contributed by atoms with Crippen molar-refractivity contribution in [2.24, 2.45) is 0 Å². The van der Waals surface area contributed by atoms with Gasteiger partial charge in [0.2, 0.25) is 6.10 Å². The van der Waals surface area contributed by atoms with Crippen LogP contribution in [0.15, 0.2) is 11.1 Å². The van der Waals surface area contributed by atoms with Gasteiger partial charge in [-0.3, -0.25) is 14.2 Å². The number of aromatic nitrogens is 2. The summed E-state index contributed by atoms with van der Waals surface area (Å²) in [4.78, 5) is 42.8. The maximum absolute atomic E-state index is 12.8. The van der Waals surface area contributed by atoms with E-state index in [1.807, 2.05) is 0 Å². The van der Waals surface area contributed by atoms with Crippen molar-refractivity contribution in [2.75, 3.05) is 0 Å². The molecule has 2 atom stereocenters. The van der Waals surface area contributed by atoms with Crippen LogP contribution >= 0.6 is 11.3 Å². The third-order valence-corrected chi connectivity index (χ3v) is 6.10. The Morgan fingerprint density at radius 2 is 2.19 bits per heavy atom. The number of esters is 2. The predicted octanol–water partition coefficient (Wildman–Crippen LogP) is 1.97. The summed E-state index contributed by atoms with van der Waals surface area (Å²) in [6.45, 7) is 1.94. The summed E-state index contributed by atoms with van der Waals surface area (Å²) in [5, 5.41) is 0.703. The Balaban J connectivity index is 1.47. The number of carbonyl (C=O) groups is 2. The number of fused-ring (bicyclic) bond motifs is 3. The van der Waals surface area contributed by atoms with Crippen LogP contribution in [0.4, 0.5) is 0 Å². The highest BCUT2D eigenvalue weighted by atomic mass is 32.1. The number of ether oxygens (including phenoxy) is 2. The molecule has 0 spiro atoms. The Labute approximate surface area is 153 Å². The molecule has 0 saturated carbocycles.